The lowest BCUT2D eigenvalue weighted by Gasteiger charge is -2.06. The normalized spacial score (nSPS) is 11.0. The number of nitrogens with zero attached hydrogens (tertiary/aromatic N) is 3. The molecule has 5 nitrogen and oxygen atoms in total. The fourth-order valence-corrected chi connectivity index (χ4v) is 2.58. The number of hydrogen-bond donors (Lipinski definition) is 0. The first-order chi connectivity index (χ1) is 13.4. The van der Waals surface area contributed by atoms with Crippen LogP contribution in [0.2, 0.25) is 0 Å². The molecule has 0 saturated carbocycles. The molecule has 1 heterocycles. The minimum Gasteiger partial charge on any atom is -0.489 e. The number of aromatic nitrogens is 2. The van der Waals surface area contributed by atoms with Crippen LogP contribution in [0.3, 0.4) is 0 Å². The van der Waals surface area contributed by atoms with Gasteiger partial charge in [0.25, 0.3) is 5.88 Å². The Bertz CT molecular complexity index is 1040. The zero-order valence-corrected chi connectivity index (χ0v) is 14.5. The van der Waals surface area contributed by atoms with Crippen molar-refractivity contribution in [3.63, 3.8) is 0 Å². The highest BCUT2D eigenvalue weighted by molar-refractivity contribution is 5.83. The molecule has 0 bridgehead atoms. The van der Waals surface area contributed by atoms with Gasteiger partial charge in [0.15, 0.2) is 0 Å². The second-order valence-electron chi connectivity index (χ2n) is 5.87. The van der Waals surface area contributed by atoms with E-state index in [0.29, 0.717) is 12.5 Å². The van der Waals surface area contributed by atoms with Crippen LogP contribution in [0.5, 0.6) is 11.6 Å². The van der Waals surface area contributed by atoms with Gasteiger partial charge in [-0.3, -0.25) is 0 Å². The van der Waals surface area contributed by atoms with Crippen molar-refractivity contribution in [3.8, 4) is 11.6 Å². The van der Waals surface area contributed by atoms with Crippen LogP contribution < -0.4 is 9.57 Å². The monoisotopic (exact) mass is 355 g/mol. The van der Waals surface area contributed by atoms with Gasteiger partial charge in [-0.05, 0) is 47.5 Å². The molecule has 5 heteroatoms. The summed E-state index contributed by atoms with van der Waals surface area (Å²) in [5.74, 6) is 1.23. The second kappa shape index (κ2) is 8.10. The quantitative estimate of drug-likeness (QED) is 0.374. The highest BCUT2D eigenvalue weighted by Gasteiger charge is 2.03. The van der Waals surface area contributed by atoms with E-state index in [-0.39, 0.29) is 0 Å². The molecular formula is C22H17N3O2. The highest BCUT2D eigenvalue weighted by atomic mass is 16.6. The molecule has 0 spiro atoms. The van der Waals surface area contributed by atoms with Crippen LogP contribution in [0.15, 0.2) is 90.3 Å². The lowest BCUT2D eigenvalue weighted by atomic mass is 10.2. The highest BCUT2D eigenvalue weighted by Crippen LogP contribution is 2.20. The smallest absolute Gasteiger partial charge is 0.259 e. The molecule has 0 N–H and O–H groups in total. The van der Waals surface area contributed by atoms with Crippen LogP contribution in [0.25, 0.3) is 10.9 Å². The summed E-state index contributed by atoms with van der Waals surface area (Å²) >= 11 is 0. The van der Waals surface area contributed by atoms with Crippen molar-refractivity contribution in [3.05, 3.63) is 96.3 Å². The third-order valence-electron chi connectivity index (χ3n) is 3.98. The van der Waals surface area contributed by atoms with Crippen molar-refractivity contribution in [1.29, 1.82) is 0 Å². The topological polar surface area (TPSA) is 56.6 Å². The lowest BCUT2D eigenvalue weighted by molar-refractivity contribution is 0.306. The summed E-state index contributed by atoms with van der Waals surface area (Å²) in [6.45, 7) is 0.540. The van der Waals surface area contributed by atoms with Crippen molar-refractivity contribution in [1.82, 2.24) is 9.97 Å². The van der Waals surface area contributed by atoms with E-state index < -0.39 is 0 Å². The average molecular weight is 355 g/mol. The number of benzene rings is 3. The van der Waals surface area contributed by atoms with Crippen LogP contribution in [0, 0.1) is 0 Å². The lowest BCUT2D eigenvalue weighted by Crippen LogP contribution is -1.95. The molecule has 0 saturated heterocycles. The van der Waals surface area contributed by atoms with Crippen molar-refractivity contribution in [2.75, 3.05) is 0 Å². The summed E-state index contributed by atoms with van der Waals surface area (Å²) < 4.78 is 5.78. The van der Waals surface area contributed by atoms with E-state index in [0.717, 1.165) is 27.8 Å². The third-order valence-corrected chi connectivity index (χ3v) is 3.98. The summed E-state index contributed by atoms with van der Waals surface area (Å²) in [5, 5.41) is 4.85. The van der Waals surface area contributed by atoms with Gasteiger partial charge in [0.1, 0.15) is 18.7 Å². The minimum absolute atomic E-state index is 0.430. The van der Waals surface area contributed by atoms with Crippen LogP contribution in [-0.4, -0.2) is 16.2 Å². The molecule has 27 heavy (non-hydrogen) atoms. The third kappa shape index (κ3) is 4.27. The summed E-state index contributed by atoms with van der Waals surface area (Å²) in [7, 11) is 0. The van der Waals surface area contributed by atoms with E-state index in [2.05, 4.69) is 15.1 Å². The van der Waals surface area contributed by atoms with Gasteiger partial charge in [0.05, 0.1) is 17.1 Å². The van der Waals surface area contributed by atoms with E-state index in [4.69, 9.17) is 9.57 Å². The van der Waals surface area contributed by atoms with Crippen LogP contribution >= 0.6 is 0 Å². The van der Waals surface area contributed by atoms with E-state index >= 15 is 0 Å². The molecular weight excluding hydrogens is 338 g/mol. The first-order valence-corrected chi connectivity index (χ1v) is 8.55. The van der Waals surface area contributed by atoms with Gasteiger partial charge in [-0.25, -0.2) is 4.98 Å². The molecule has 0 fully saturated rings. The predicted molar refractivity (Wildman–Crippen MR) is 105 cm³/mol. The standard InChI is InChI=1S/C22H17N3O2/c1-2-6-18(7-3-1)15-26-19-12-10-17(11-13-19)14-25-27-22-20-8-4-5-9-21(20)23-16-24-22/h1-14,16H,15H2/b25-14+. The van der Waals surface area contributed by atoms with E-state index in [1.165, 1.54) is 6.33 Å². The van der Waals surface area contributed by atoms with Crippen LogP contribution in [0.4, 0.5) is 0 Å². The zero-order chi connectivity index (χ0) is 18.3. The summed E-state index contributed by atoms with van der Waals surface area (Å²) in [4.78, 5) is 13.8. The second-order valence-corrected chi connectivity index (χ2v) is 5.87. The Morgan fingerprint density at radius 2 is 1.59 bits per heavy atom. The van der Waals surface area contributed by atoms with Crippen molar-refractivity contribution >= 4 is 17.1 Å². The van der Waals surface area contributed by atoms with Gasteiger partial charge < -0.3 is 9.57 Å². The Morgan fingerprint density at radius 1 is 0.815 bits per heavy atom. The Morgan fingerprint density at radius 3 is 2.44 bits per heavy atom. The van der Waals surface area contributed by atoms with Crippen molar-refractivity contribution < 1.29 is 9.57 Å². The molecule has 1 aromatic heterocycles. The maximum absolute atomic E-state index is 5.78. The van der Waals surface area contributed by atoms with Gasteiger partial charge in [-0.1, -0.05) is 47.6 Å². The number of ether oxygens (including phenoxy) is 1. The first-order valence-electron chi connectivity index (χ1n) is 8.55. The Kier molecular flexibility index (Phi) is 5.02. The van der Waals surface area contributed by atoms with E-state index in [1.54, 1.807) is 6.21 Å². The van der Waals surface area contributed by atoms with Crippen molar-refractivity contribution in [2.24, 2.45) is 5.16 Å². The fraction of sp³-hybridized carbons (Fsp3) is 0.0455. The van der Waals surface area contributed by atoms with Crippen molar-refractivity contribution in [2.45, 2.75) is 6.61 Å². The number of rotatable bonds is 6. The molecule has 0 aliphatic carbocycles. The molecule has 0 atom stereocenters. The number of para-hydroxylation sites is 1. The zero-order valence-electron chi connectivity index (χ0n) is 14.5. The maximum atomic E-state index is 5.78. The fourth-order valence-electron chi connectivity index (χ4n) is 2.58. The Balaban J connectivity index is 1.38. The van der Waals surface area contributed by atoms with Gasteiger partial charge in [-0.2, -0.15) is 4.98 Å². The van der Waals surface area contributed by atoms with Crippen LogP contribution in [0.1, 0.15) is 11.1 Å². The van der Waals surface area contributed by atoms with Gasteiger partial charge in [0, 0.05) is 0 Å². The predicted octanol–water partition coefficient (Wildman–Crippen LogP) is 4.62. The Labute approximate surface area is 156 Å². The molecule has 0 amide bonds. The molecule has 4 rings (SSSR count). The van der Waals surface area contributed by atoms with E-state index in [1.807, 2.05) is 78.9 Å². The Hall–Kier alpha value is -3.73. The number of oxime groups is 1. The van der Waals surface area contributed by atoms with E-state index in [9.17, 15) is 0 Å². The molecule has 3 aromatic carbocycles. The first kappa shape index (κ1) is 16.7. The van der Waals surface area contributed by atoms with Crippen LogP contribution in [-0.2, 0) is 6.61 Å². The molecule has 4 aromatic rings. The average Bonchev–Trinajstić information content (AvgIpc) is 2.74. The molecule has 0 unspecified atom stereocenters. The summed E-state index contributed by atoms with van der Waals surface area (Å²) in [6, 6.07) is 25.4. The SMILES string of the molecule is C(=N\Oc1ncnc2ccccc12)/c1ccc(OCc2ccccc2)cc1. The van der Waals surface area contributed by atoms with Gasteiger partial charge in [-0.15, -0.1) is 0 Å². The largest absolute Gasteiger partial charge is 0.489 e. The van der Waals surface area contributed by atoms with Gasteiger partial charge >= 0.3 is 0 Å². The van der Waals surface area contributed by atoms with Gasteiger partial charge in [0.2, 0.25) is 0 Å². The summed E-state index contributed by atoms with van der Waals surface area (Å²) in [6.07, 6.45) is 3.10. The maximum Gasteiger partial charge on any atom is 0.259 e. The molecule has 132 valence electrons. The minimum atomic E-state index is 0.430. The molecule has 0 aliphatic rings. The number of fused-ring (bicyclic) bond motifs is 1. The molecule has 0 radical (unpaired) electrons. The molecule has 0 aliphatic heterocycles. The number of hydrogen-bond acceptors (Lipinski definition) is 5. The summed E-state index contributed by atoms with van der Waals surface area (Å²) in [5.41, 5.74) is 2.85.